The van der Waals surface area contributed by atoms with Crippen LogP contribution >= 0.6 is 0 Å². The number of ether oxygens (including phenoxy) is 3. The summed E-state index contributed by atoms with van der Waals surface area (Å²) in [4.78, 5) is 19.2. The number of hydrogen-bond acceptors (Lipinski definition) is 8. The van der Waals surface area contributed by atoms with Crippen molar-refractivity contribution in [1.29, 1.82) is 0 Å². The average molecular weight is 638 g/mol. The molecule has 4 aromatic rings. The first-order valence-corrected chi connectivity index (χ1v) is 15.1. The van der Waals surface area contributed by atoms with Crippen molar-refractivity contribution in [3.8, 4) is 17.5 Å². The summed E-state index contributed by atoms with van der Waals surface area (Å²) in [7, 11) is 0. The number of aromatic nitrogens is 2. The molecule has 0 N–H and O–H groups in total. The highest BCUT2D eigenvalue weighted by atomic mass is 19.4. The molecule has 6 rings (SSSR count). The van der Waals surface area contributed by atoms with E-state index in [0.717, 1.165) is 55.3 Å². The third kappa shape index (κ3) is 7.53. The summed E-state index contributed by atoms with van der Waals surface area (Å²) in [5.41, 5.74) is 2.28. The number of fused-ring (bicyclic) bond motifs is 1. The SMILES string of the molecule is C[C@H]1CN(c2ccc(OC[C@H]3CCn4cc([N+](=O)[O-])nc4O3)cc2)CCN1Cc1ccc(OCc2ccc(C(F)(F)F)cc2)cc1. The molecular weight excluding hydrogens is 603 g/mol. The minimum Gasteiger partial charge on any atom is -0.490 e. The predicted molar refractivity (Wildman–Crippen MR) is 164 cm³/mol. The number of benzene rings is 3. The van der Waals surface area contributed by atoms with Gasteiger partial charge < -0.3 is 29.2 Å². The van der Waals surface area contributed by atoms with E-state index in [-0.39, 0.29) is 24.5 Å². The molecule has 2 aliphatic rings. The standard InChI is InChI=1S/C33H34F3N5O5/c1-23-18-39(27-8-12-29(13-9-27)45-22-30-14-15-40-20-31(41(42)43)37-32(40)46-30)17-16-38(23)19-24-4-10-28(11-5-24)44-21-25-2-6-26(7-3-25)33(34,35)36/h2-13,20,23,30H,14-19,21-22H2,1H3/t23-,30+/m0/s1. The summed E-state index contributed by atoms with van der Waals surface area (Å²) in [6.07, 6.45) is -2.53. The van der Waals surface area contributed by atoms with Gasteiger partial charge in [-0.3, -0.25) is 9.47 Å². The van der Waals surface area contributed by atoms with Gasteiger partial charge in [0.1, 0.15) is 37.0 Å². The van der Waals surface area contributed by atoms with Gasteiger partial charge in [-0.15, -0.1) is 0 Å². The van der Waals surface area contributed by atoms with Crippen LogP contribution in [0.3, 0.4) is 0 Å². The number of halogens is 3. The fourth-order valence-electron chi connectivity index (χ4n) is 5.63. The summed E-state index contributed by atoms with van der Waals surface area (Å²) in [5, 5.41) is 11.0. The zero-order valence-electron chi connectivity index (χ0n) is 25.2. The number of hydrogen-bond donors (Lipinski definition) is 0. The number of alkyl halides is 3. The molecule has 3 heterocycles. The lowest BCUT2D eigenvalue weighted by Crippen LogP contribution is -2.51. The summed E-state index contributed by atoms with van der Waals surface area (Å²) in [6.45, 7) is 6.78. The molecule has 10 nitrogen and oxygen atoms in total. The predicted octanol–water partition coefficient (Wildman–Crippen LogP) is 6.33. The molecule has 13 heteroatoms. The van der Waals surface area contributed by atoms with E-state index in [2.05, 4.69) is 33.8 Å². The van der Waals surface area contributed by atoms with Crippen LogP contribution in [0.4, 0.5) is 24.7 Å². The lowest BCUT2D eigenvalue weighted by Gasteiger charge is -2.41. The Bertz CT molecular complexity index is 1630. The van der Waals surface area contributed by atoms with Crippen LogP contribution in [0.25, 0.3) is 0 Å². The molecule has 0 unspecified atom stereocenters. The van der Waals surface area contributed by atoms with Gasteiger partial charge in [-0.05, 0) is 71.5 Å². The Kier molecular flexibility index (Phi) is 9.02. The number of rotatable bonds is 10. The highest BCUT2D eigenvalue weighted by molar-refractivity contribution is 5.49. The van der Waals surface area contributed by atoms with Gasteiger partial charge in [0.2, 0.25) is 0 Å². The second kappa shape index (κ2) is 13.3. The summed E-state index contributed by atoms with van der Waals surface area (Å²) >= 11 is 0. The van der Waals surface area contributed by atoms with E-state index in [0.29, 0.717) is 36.9 Å². The molecule has 0 aliphatic carbocycles. The maximum Gasteiger partial charge on any atom is 0.416 e. The Hall–Kier alpha value is -4.78. The second-order valence-corrected chi connectivity index (χ2v) is 11.6. The lowest BCUT2D eigenvalue weighted by molar-refractivity contribution is -0.389. The second-order valence-electron chi connectivity index (χ2n) is 11.6. The fourth-order valence-corrected chi connectivity index (χ4v) is 5.63. The summed E-state index contributed by atoms with van der Waals surface area (Å²) in [5.74, 6) is 1.17. The number of nitro groups is 1. The molecule has 1 fully saturated rings. The van der Waals surface area contributed by atoms with E-state index in [1.165, 1.54) is 18.3 Å². The van der Waals surface area contributed by atoms with Crippen molar-refractivity contribution in [1.82, 2.24) is 14.5 Å². The minimum atomic E-state index is -4.35. The van der Waals surface area contributed by atoms with Gasteiger partial charge in [0, 0.05) is 55.9 Å². The quantitative estimate of drug-likeness (QED) is 0.147. The third-order valence-electron chi connectivity index (χ3n) is 8.28. The molecule has 3 aromatic carbocycles. The van der Waals surface area contributed by atoms with Gasteiger partial charge in [0.25, 0.3) is 0 Å². The van der Waals surface area contributed by atoms with E-state index in [1.54, 1.807) is 4.57 Å². The highest BCUT2D eigenvalue weighted by Crippen LogP contribution is 2.30. The van der Waals surface area contributed by atoms with Gasteiger partial charge in [-0.25, -0.2) is 0 Å². The van der Waals surface area contributed by atoms with Crippen LogP contribution in [0.2, 0.25) is 0 Å². The smallest absolute Gasteiger partial charge is 0.416 e. The monoisotopic (exact) mass is 637 g/mol. The van der Waals surface area contributed by atoms with Crippen LogP contribution < -0.4 is 19.1 Å². The van der Waals surface area contributed by atoms with Crippen LogP contribution in [0.15, 0.2) is 79.0 Å². The molecule has 0 radical (unpaired) electrons. The first-order valence-electron chi connectivity index (χ1n) is 15.1. The van der Waals surface area contributed by atoms with Crippen molar-refractivity contribution in [2.75, 3.05) is 31.1 Å². The van der Waals surface area contributed by atoms with Crippen LogP contribution in [0, 0.1) is 10.1 Å². The molecule has 1 aromatic heterocycles. The Morgan fingerprint density at radius 2 is 1.61 bits per heavy atom. The summed E-state index contributed by atoms with van der Waals surface area (Å²) < 4.78 is 57.5. The molecule has 2 atom stereocenters. The highest BCUT2D eigenvalue weighted by Gasteiger charge is 2.30. The van der Waals surface area contributed by atoms with Gasteiger partial charge in [0.05, 0.1) is 5.56 Å². The van der Waals surface area contributed by atoms with Crippen LogP contribution in [-0.2, 0) is 25.9 Å². The molecule has 2 aliphatic heterocycles. The largest absolute Gasteiger partial charge is 0.490 e. The van der Waals surface area contributed by atoms with Gasteiger partial charge in [-0.2, -0.15) is 13.2 Å². The number of imidazole rings is 1. The molecule has 0 spiro atoms. The van der Waals surface area contributed by atoms with Crippen LogP contribution in [0.5, 0.6) is 17.5 Å². The molecule has 242 valence electrons. The van der Waals surface area contributed by atoms with Gasteiger partial charge in [0.15, 0.2) is 0 Å². The van der Waals surface area contributed by atoms with E-state index in [9.17, 15) is 23.3 Å². The number of piperazine rings is 1. The number of aryl methyl sites for hydroxylation is 1. The zero-order chi connectivity index (χ0) is 32.3. The van der Waals surface area contributed by atoms with Crippen molar-refractivity contribution < 1.29 is 32.3 Å². The molecular formula is C33H34F3N5O5. The van der Waals surface area contributed by atoms with Crippen molar-refractivity contribution in [2.45, 2.75) is 51.4 Å². The van der Waals surface area contributed by atoms with E-state index in [1.807, 2.05) is 36.4 Å². The Labute approximate surface area is 264 Å². The van der Waals surface area contributed by atoms with E-state index < -0.39 is 16.7 Å². The molecule has 46 heavy (non-hydrogen) atoms. The lowest BCUT2D eigenvalue weighted by atomic mass is 10.1. The molecule has 0 amide bonds. The van der Waals surface area contributed by atoms with E-state index in [4.69, 9.17) is 14.2 Å². The van der Waals surface area contributed by atoms with Gasteiger partial charge in [-0.1, -0.05) is 24.3 Å². The van der Waals surface area contributed by atoms with Crippen LogP contribution in [-0.4, -0.2) is 57.8 Å². The molecule has 0 saturated carbocycles. The van der Waals surface area contributed by atoms with Crippen LogP contribution in [0.1, 0.15) is 30.0 Å². The van der Waals surface area contributed by atoms with Crippen molar-refractivity contribution in [3.63, 3.8) is 0 Å². The Morgan fingerprint density at radius 1 is 0.935 bits per heavy atom. The Balaban J connectivity index is 0.938. The van der Waals surface area contributed by atoms with Crippen molar-refractivity contribution in [2.24, 2.45) is 0 Å². The number of nitrogens with zero attached hydrogens (tertiary/aromatic N) is 5. The summed E-state index contributed by atoms with van der Waals surface area (Å²) in [6, 6.07) is 21.4. The maximum atomic E-state index is 12.8. The van der Waals surface area contributed by atoms with Gasteiger partial charge >= 0.3 is 18.0 Å². The topological polar surface area (TPSA) is 95.1 Å². The number of anilines is 1. The van der Waals surface area contributed by atoms with E-state index >= 15 is 0 Å². The fraction of sp³-hybridized carbons (Fsp3) is 0.364. The Morgan fingerprint density at radius 3 is 2.28 bits per heavy atom. The molecule has 0 bridgehead atoms. The first kappa shape index (κ1) is 31.2. The third-order valence-corrected chi connectivity index (χ3v) is 8.28. The normalized spacial score (nSPS) is 18.5. The maximum absolute atomic E-state index is 12.8. The first-order chi connectivity index (χ1) is 22.1. The molecule has 1 saturated heterocycles. The minimum absolute atomic E-state index is 0.194. The zero-order valence-corrected chi connectivity index (χ0v) is 25.2. The average Bonchev–Trinajstić information content (AvgIpc) is 3.49. The van der Waals surface area contributed by atoms with Crippen molar-refractivity contribution in [3.05, 3.63) is 106 Å². The van der Waals surface area contributed by atoms with Crippen molar-refractivity contribution >= 4 is 11.5 Å².